The Morgan fingerprint density at radius 1 is 0.895 bits per heavy atom. The van der Waals surface area contributed by atoms with Crippen molar-refractivity contribution in [3.05, 3.63) is 111 Å². The summed E-state index contributed by atoms with van der Waals surface area (Å²) in [6, 6.07) is 25.3. The second-order valence-corrected chi connectivity index (χ2v) is 9.98. The average molecular weight is 508 g/mol. The minimum Gasteiger partial charge on any atom is -0.457 e. The molecule has 0 radical (unpaired) electrons. The summed E-state index contributed by atoms with van der Waals surface area (Å²) in [5, 5.41) is 0. The monoisotopic (exact) mass is 507 g/mol. The van der Waals surface area contributed by atoms with E-state index >= 15 is 0 Å². The van der Waals surface area contributed by atoms with Crippen LogP contribution >= 0.6 is 0 Å². The lowest BCUT2D eigenvalue weighted by molar-refractivity contribution is 0.457. The number of rotatable bonds is 5. The molecule has 0 unspecified atom stereocenters. The van der Waals surface area contributed by atoms with Crippen LogP contribution in [0.15, 0.2) is 88.5 Å². The molecule has 0 saturated heterocycles. The van der Waals surface area contributed by atoms with Crippen LogP contribution in [-0.2, 0) is 20.1 Å². The van der Waals surface area contributed by atoms with Crippen LogP contribution in [0, 0.1) is 12.8 Å². The SMILES string of the molecule is Cc1ccccc1Cn1c(=O)c2c(nc3n2C[C@@H](C)CN3c2ccc(Oc3ccccc3)cc2)n(C)c1=O. The lowest BCUT2D eigenvalue weighted by Crippen LogP contribution is -2.40. The number of nitrogens with zero attached hydrogens (tertiary/aromatic N) is 5. The van der Waals surface area contributed by atoms with E-state index in [1.54, 1.807) is 7.05 Å². The molecule has 1 aliphatic heterocycles. The fourth-order valence-corrected chi connectivity index (χ4v) is 5.14. The number of aryl methyl sites for hydroxylation is 2. The van der Waals surface area contributed by atoms with Gasteiger partial charge in [0.25, 0.3) is 5.56 Å². The van der Waals surface area contributed by atoms with E-state index in [2.05, 4.69) is 11.8 Å². The van der Waals surface area contributed by atoms with Gasteiger partial charge in [0, 0.05) is 25.8 Å². The molecule has 0 spiro atoms. The lowest BCUT2D eigenvalue weighted by atomic mass is 10.1. The molecule has 2 aromatic heterocycles. The normalized spacial score (nSPS) is 15.0. The number of anilines is 2. The summed E-state index contributed by atoms with van der Waals surface area (Å²) in [6.07, 6.45) is 0. The molecule has 1 atom stereocenters. The molecule has 0 aliphatic carbocycles. The van der Waals surface area contributed by atoms with Gasteiger partial charge in [0.15, 0.2) is 11.2 Å². The number of benzene rings is 3. The first-order valence-electron chi connectivity index (χ1n) is 12.8. The van der Waals surface area contributed by atoms with E-state index in [0.717, 1.165) is 34.9 Å². The van der Waals surface area contributed by atoms with E-state index in [1.807, 2.05) is 90.4 Å². The van der Waals surface area contributed by atoms with Gasteiger partial charge in [-0.25, -0.2) is 4.79 Å². The molecule has 0 saturated carbocycles. The fourth-order valence-electron chi connectivity index (χ4n) is 5.14. The molecule has 0 N–H and O–H groups in total. The summed E-state index contributed by atoms with van der Waals surface area (Å²) < 4.78 is 10.7. The average Bonchev–Trinajstić information content (AvgIpc) is 3.31. The summed E-state index contributed by atoms with van der Waals surface area (Å²) in [5.41, 5.74) is 3.09. The molecule has 3 aromatic carbocycles. The van der Waals surface area contributed by atoms with Gasteiger partial charge in [0.05, 0.1) is 6.54 Å². The van der Waals surface area contributed by atoms with E-state index < -0.39 is 0 Å². The van der Waals surface area contributed by atoms with Gasteiger partial charge in [-0.3, -0.25) is 13.9 Å². The van der Waals surface area contributed by atoms with Crippen LogP contribution in [0.2, 0.25) is 0 Å². The summed E-state index contributed by atoms with van der Waals surface area (Å²) in [7, 11) is 1.68. The van der Waals surface area contributed by atoms with Crippen LogP contribution in [0.25, 0.3) is 11.2 Å². The van der Waals surface area contributed by atoms with E-state index in [-0.39, 0.29) is 23.7 Å². The van der Waals surface area contributed by atoms with Crippen molar-refractivity contribution in [2.24, 2.45) is 13.0 Å². The first-order valence-corrected chi connectivity index (χ1v) is 12.8. The first kappa shape index (κ1) is 23.8. The highest BCUT2D eigenvalue weighted by Gasteiger charge is 2.30. The molecule has 38 heavy (non-hydrogen) atoms. The summed E-state index contributed by atoms with van der Waals surface area (Å²) in [5.74, 6) is 2.44. The number of ether oxygens (including phenoxy) is 1. The Bertz CT molecular complexity index is 1750. The molecule has 0 amide bonds. The van der Waals surface area contributed by atoms with Crippen molar-refractivity contribution in [2.45, 2.75) is 26.9 Å². The molecular weight excluding hydrogens is 478 g/mol. The van der Waals surface area contributed by atoms with E-state index in [9.17, 15) is 9.59 Å². The largest absolute Gasteiger partial charge is 0.457 e. The molecule has 192 valence electrons. The van der Waals surface area contributed by atoms with E-state index in [4.69, 9.17) is 9.72 Å². The maximum absolute atomic E-state index is 13.8. The Labute approximate surface area is 220 Å². The maximum atomic E-state index is 13.8. The van der Waals surface area contributed by atoms with Crippen LogP contribution in [0.5, 0.6) is 11.5 Å². The summed E-state index contributed by atoms with van der Waals surface area (Å²) in [6.45, 7) is 5.75. The van der Waals surface area contributed by atoms with Gasteiger partial charge in [0.2, 0.25) is 5.95 Å². The van der Waals surface area contributed by atoms with Crippen LogP contribution in [-0.4, -0.2) is 25.2 Å². The fraction of sp³-hybridized carbons (Fsp3) is 0.233. The zero-order valence-electron chi connectivity index (χ0n) is 21.7. The Kier molecular flexibility index (Phi) is 5.87. The van der Waals surface area contributed by atoms with Crippen LogP contribution in [0.3, 0.4) is 0 Å². The molecular formula is C30H29N5O3. The predicted octanol–water partition coefficient (Wildman–Crippen LogP) is 4.83. The third kappa shape index (κ3) is 4.08. The Morgan fingerprint density at radius 2 is 1.58 bits per heavy atom. The zero-order chi connectivity index (χ0) is 26.4. The quantitative estimate of drug-likeness (QED) is 0.341. The van der Waals surface area contributed by atoms with Gasteiger partial charge < -0.3 is 14.2 Å². The molecule has 6 rings (SSSR count). The van der Waals surface area contributed by atoms with Gasteiger partial charge in [-0.15, -0.1) is 0 Å². The molecule has 8 nitrogen and oxygen atoms in total. The molecule has 3 heterocycles. The number of hydrogen-bond donors (Lipinski definition) is 0. The zero-order valence-corrected chi connectivity index (χ0v) is 21.7. The van der Waals surface area contributed by atoms with Gasteiger partial charge >= 0.3 is 5.69 Å². The highest BCUT2D eigenvalue weighted by Crippen LogP contribution is 2.34. The van der Waals surface area contributed by atoms with Crippen LogP contribution in [0.4, 0.5) is 11.6 Å². The lowest BCUT2D eigenvalue weighted by Gasteiger charge is -2.33. The first-order chi connectivity index (χ1) is 18.4. The van der Waals surface area contributed by atoms with Crippen molar-refractivity contribution < 1.29 is 4.74 Å². The predicted molar refractivity (Wildman–Crippen MR) is 149 cm³/mol. The number of imidazole rings is 1. The topological polar surface area (TPSA) is 74.3 Å². The highest BCUT2D eigenvalue weighted by atomic mass is 16.5. The van der Waals surface area contributed by atoms with Crippen molar-refractivity contribution in [1.29, 1.82) is 0 Å². The third-order valence-electron chi connectivity index (χ3n) is 7.16. The van der Waals surface area contributed by atoms with E-state index in [1.165, 1.54) is 9.13 Å². The second-order valence-electron chi connectivity index (χ2n) is 9.98. The molecule has 5 aromatic rings. The summed E-state index contributed by atoms with van der Waals surface area (Å²) >= 11 is 0. The van der Waals surface area contributed by atoms with Crippen molar-refractivity contribution in [2.75, 3.05) is 11.4 Å². The second kappa shape index (κ2) is 9.37. The minimum absolute atomic E-state index is 0.219. The Hall–Kier alpha value is -4.59. The highest BCUT2D eigenvalue weighted by molar-refractivity contribution is 5.77. The van der Waals surface area contributed by atoms with Gasteiger partial charge in [-0.2, -0.15) is 4.98 Å². The summed E-state index contributed by atoms with van der Waals surface area (Å²) in [4.78, 5) is 34.0. The standard InChI is InChI=1S/C30H29N5O3/c1-20-17-33(23-13-15-25(16-14-23)38-24-11-5-4-6-12-24)29-31-27-26(34(29)18-20)28(36)35(30(37)32(27)3)19-22-10-8-7-9-21(22)2/h4-16,20H,17-19H2,1-3H3/t20-/m0/s1. The Balaban J connectivity index is 1.42. The Morgan fingerprint density at radius 3 is 2.32 bits per heavy atom. The molecule has 0 fully saturated rings. The molecule has 8 heteroatoms. The van der Waals surface area contributed by atoms with Crippen molar-refractivity contribution in [1.82, 2.24) is 18.7 Å². The van der Waals surface area contributed by atoms with Crippen molar-refractivity contribution in [3.63, 3.8) is 0 Å². The third-order valence-corrected chi connectivity index (χ3v) is 7.16. The van der Waals surface area contributed by atoms with E-state index in [0.29, 0.717) is 23.7 Å². The number of hydrogen-bond acceptors (Lipinski definition) is 5. The smallest absolute Gasteiger partial charge is 0.332 e. The van der Waals surface area contributed by atoms with Crippen LogP contribution in [0.1, 0.15) is 18.1 Å². The van der Waals surface area contributed by atoms with Crippen LogP contribution < -0.4 is 20.9 Å². The number of aromatic nitrogens is 4. The van der Waals surface area contributed by atoms with Crippen molar-refractivity contribution >= 4 is 22.8 Å². The van der Waals surface area contributed by atoms with Gasteiger partial charge in [-0.05, 0) is 60.4 Å². The van der Waals surface area contributed by atoms with Gasteiger partial charge in [-0.1, -0.05) is 49.4 Å². The minimum atomic E-state index is -0.372. The maximum Gasteiger partial charge on any atom is 0.332 e. The molecule has 1 aliphatic rings. The number of para-hydroxylation sites is 1. The number of fused-ring (bicyclic) bond motifs is 3. The van der Waals surface area contributed by atoms with Crippen molar-refractivity contribution in [3.8, 4) is 11.5 Å². The van der Waals surface area contributed by atoms with Gasteiger partial charge in [0.1, 0.15) is 11.5 Å². The molecule has 0 bridgehead atoms.